The fraction of sp³-hybridized carbons (Fsp3) is 0.545. The number of benzene rings is 5. The molecule has 0 unspecified atom stereocenters. The van der Waals surface area contributed by atoms with E-state index in [0.29, 0.717) is 132 Å². The molecule has 5 aromatic rings. The highest BCUT2D eigenvalue weighted by Crippen LogP contribution is 2.55. The van der Waals surface area contributed by atoms with Crippen molar-refractivity contribution in [1.29, 1.82) is 0 Å². The molecule has 0 radical (unpaired) electrons. The highest BCUT2D eigenvalue weighted by atomic mass is 127. The molecule has 7 rings (SSSR count). The molecule has 2 aliphatic rings. The Kier molecular flexibility index (Phi) is 36.7. The number of alkyl halides is 4. The molecule has 18 heteroatoms. The lowest BCUT2D eigenvalue weighted by Gasteiger charge is -2.33. The number of aryl methyl sites for hydroxylation is 2. The van der Waals surface area contributed by atoms with Gasteiger partial charge in [-0.3, -0.25) is 0 Å². The Bertz CT molecular complexity index is 2510. The van der Waals surface area contributed by atoms with Crippen molar-refractivity contribution in [3.8, 4) is 33.4 Å². The van der Waals surface area contributed by atoms with Gasteiger partial charge in [0.05, 0.1) is 132 Å². The van der Waals surface area contributed by atoms with E-state index in [-0.39, 0.29) is 10.8 Å². The molecule has 84 heavy (non-hydrogen) atoms. The van der Waals surface area contributed by atoms with E-state index in [1.54, 1.807) is 0 Å². The first-order valence-corrected chi connectivity index (χ1v) is 37.0. The second kappa shape index (κ2) is 42.5. The van der Waals surface area contributed by atoms with E-state index in [1.165, 1.54) is 66.8 Å². The number of hydrogen-bond donors (Lipinski definition) is 0. The second-order valence-corrected chi connectivity index (χ2v) is 26.5. The van der Waals surface area contributed by atoms with Crippen LogP contribution in [0.3, 0.4) is 0 Å². The van der Waals surface area contributed by atoms with Crippen molar-refractivity contribution in [3.63, 3.8) is 0 Å². The van der Waals surface area contributed by atoms with Crippen molar-refractivity contribution in [2.45, 2.75) is 50.4 Å². The molecule has 464 valence electrons. The van der Waals surface area contributed by atoms with Crippen LogP contribution in [0, 0.1) is 13.8 Å². The van der Waals surface area contributed by atoms with Crippen LogP contribution >= 0.6 is 122 Å². The predicted octanol–water partition coefficient (Wildman–Crippen LogP) is 15.2. The van der Waals surface area contributed by atoms with Gasteiger partial charge in [-0.1, -0.05) is 200 Å². The molecule has 0 atom stereocenters. The summed E-state index contributed by atoms with van der Waals surface area (Å²) in [6, 6.07) is 35.9. The molecule has 0 spiro atoms. The third-order valence-electron chi connectivity index (χ3n) is 14.7. The zero-order valence-electron chi connectivity index (χ0n) is 49.0. The molecule has 0 bridgehead atoms. The Labute approximate surface area is 572 Å². The van der Waals surface area contributed by atoms with Gasteiger partial charge in [-0.15, -0.1) is 0 Å². The summed E-state index contributed by atoms with van der Waals surface area (Å²) in [5.74, 6) is 0. The van der Waals surface area contributed by atoms with Crippen molar-refractivity contribution in [2.24, 2.45) is 0 Å². The molecule has 0 saturated heterocycles. The van der Waals surface area contributed by atoms with Crippen LogP contribution < -0.4 is 0 Å². The van der Waals surface area contributed by atoms with Crippen LogP contribution in [0.25, 0.3) is 33.4 Å². The first-order valence-electron chi connectivity index (χ1n) is 29.3. The third-order valence-corrected chi connectivity index (χ3v) is 17.5. The van der Waals surface area contributed by atoms with Gasteiger partial charge in [-0.05, 0) is 125 Å². The minimum Gasteiger partial charge on any atom is -0.379 e. The first-order chi connectivity index (χ1) is 41.2. The zero-order chi connectivity index (χ0) is 59.5. The fourth-order valence-corrected chi connectivity index (χ4v) is 12.6. The maximum atomic E-state index is 6.20. The van der Waals surface area contributed by atoms with Gasteiger partial charge < -0.3 is 56.8 Å². The van der Waals surface area contributed by atoms with Crippen LogP contribution in [0.15, 0.2) is 106 Å². The predicted molar refractivity (Wildman–Crippen MR) is 379 cm³/mol. The SMILES string of the molecule is Brc1ccc2c(c1)C(CCOCCOCCOCCI)(CCOCCOCCOCCI)c1cc(Br)ccc1-2.Cc1ccc(-c2ccc3c(c2)C(CCOCCOCCOCCI)(CCOCCOCCOCCI)c2cc(C)ccc2-3)cc1. The van der Waals surface area contributed by atoms with Gasteiger partial charge in [-0.25, -0.2) is 0 Å². The smallest absolute Gasteiger partial charge is 0.0701 e. The molecule has 0 fully saturated rings. The molecule has 0 heterocycles. The largest absolute Gasteiger partial charge is 0.379 e. The van der Waals surface area contributed by atoms with Crippen LogP contribution in [0.4, 0.5) is 0 Å². The lowest BCUT2D eigenvalue weighted by Crippen LogP contribution is -2.30. The summed E-state index contributed by atoms with van der Waals surface area (Å²) in [6.07, 6.45) is 3.43. The first kappa shape index (κ1) is 72.6. The van der Waals surface area contributed by atoms with E-state index in [0.717, 1.165) is 78.8 Å². The van der Waals surface area contributed by atoms with E-state index in [9.17, 15) is 0 Å². The van der Waals surface area contributed by atoms with E-state index >= 15 is 0 Å². The molecular weight excluding hydrogens is 1650 g/mol. The summed E-state index contributed by atoms with van der Waals surface area (Å²) in [7, 11) is 0. The highest BCUT2D eigenvalue weighted by molar-refractivity contribution is 14.1. The summed E-state index contributed by atoms with van der Waals surface area (Å²) in [4.78, 5) is 0. The minimum absolute atomic E-state index is 0.208. The van der Waals surface area contributed by atoms with Crippen molar-refractivity contribution in [3.05, 3.63) is 139 Å². The van der Waals surface area contributed by atoms with Gasteiger partial charge in [0.1, 0.15) is 0 Å². The minimum atomic E-state index is -0.223. The molecule has 0 aliphatic heterocycles. The Morgan fingerprint density at radius 2 is 0.524 bits per heavy atom. The molecule has 5 aromatic carbocycles. The fourth-order valence-electron chi connectivity index (χ4n) is 10.7. The summed E-state index contributed by atoms with van der Waals surface area (Å²) in [5.41, 5.74) is 15.1. The lowest BCUT2D eigenvalue weighted by atomic mass is 9.72. The standard InChI is InChI=1S/C37H48I2O6.C29H38Br2I2O6/c1-29-3-6-31(7-4-29)32-8-10-34-33-9-5-30(2)27-35(33)37(36(34)28-32,11-15-40-19-23-44-25-21-42-17-13-38)12-16-41-20-24-45-26-22-43-18-14-39;30-23-1-3-25-26-4-2-24(31)22-28(26)29(27(25)21-23,5-9-34-13-17-38-19-15-36-11-7-32)6-10-35-14-18-39-20-16-37-12-8-33/h3-10,27-28H,11-26H2,1-2H3;1-4,21-22H,5-20H2. The van der Waals surface area contributed by atoms with Crippen LogP contribution in [-0.2, 0) is 67.7 Å². The molecular formula is C66H86Br2I4O12. The topological polar surface area (TPSA) is 111 Å². The second-order valence-electron chi connectivity index (χ2n) is 20.3. The average molecular weight is 1740 g/mol. The normalized spacial score (nSPS) is 13.4. The third kappa shape index (κ3) is 23.6. The number of ether oxygens (including phenoxy) is 12. The van der Waals surface area contributed by atoms with E-state index < -0.39 is 0 Å². The van der Waals surface area contributed by atoms with Gasteiger partial charge in [-0.2, -0.15) is 0 Å². The molecule has 0 amide bonds. The van der Waals surface area contributed by atoms with Crippen molar-refractivity contribution >= 4 is 122 Å². The van der Waals surface area contributed by atoms with Crippen molar-refractivity contribution in [1.82, 2.24) is 0 Å². The molecule has 0 aromatic heterocycles. The monoisotopic (exact) mass is 1740 g/mol. The van der Waals surface area contributed by atoms with Crippen LogP contribution in [0.5, 0.6) is 0 Å². The van der Waals surface area contributed by atoms with Gasteiger partial charge >= 0.3 is 0 Å². The average Bonchev–Trinajstić information content (AvgIpc) is 2.01. The Balaban J connectivity index is 0.000000272. The zero-order valence-corrected chi connectivity index (χ0v) is 60.8. The molecule has 0 N–H and O–H groups in total. The van der Waals surface area contributed by atoms with Gasteiger partial charge in [0, 0.05) is 63.9 Å². The lowest BCUT2D eigenvalue weighted by molar-refractivity contribution is 0.00895. The Morgan fingerprint density at radius 1 is 0.274 bits per heavy atom. The van der Waals surface area contributed by atoms with Crippen LogP contribution in [0.1, 0.15) is 59.1 Å². The Morgan fingerprint density at radius 3 is 0.857 bits per heavy atom. The van der Waals surface area contributed by atoms with Gasteiger partial charge in [0.25, 0.3) is 0 Å². The maximum Gasteiger partial charge on any atom is 0.0701 e. The molecule has 0 saturated carbocycles. The number of halogens is 6. The van der Waals surface area contributed by atoms with E-state index in [2.05, 4.69) is 233 Å². The Hall–Kier alpha value is -0.500. The summed E-state index contributed by atoms with van der Waals surface area (Å²) >= 11 is 16.7. The highest BCUT2D eigenvalue weighted by Gasteiger charge is 2.44. The van der Waals surface area contributed by atoms with Crippen LogP contribution in [0.2, 0.25) is 0 Å². The number of fused-ring (bicyclic) bond motifs is 6. The summed E-state index contributed by atoms with van der Waals surface area (Å²) < 4.78 is 75.4. The molecule has 2 aliphatic carbocycles. The van der Waals surface area contributed by atoms with Gasteiger partial charge in [0.15, 0.2) is 0 Å². The van der Waals surface area contributed by atoms with E-state index in [4.69, 9.17) is 56.8 Å². The number of rotatable bonds is 45. The van der Waals surface area contributed by atoms with Crippen molar-refractivity contribution < 1.29 is 56.8 Å². The van der Waals surface area contributed by atoms with Crippen LogP contribution in [-0.4, -0.2) is 176 Å². The van der Waals surface area contributed by atoms with E-state index in [1.807, 2.05) is 0 Å². The quantitative estimate of drug-likeness (QED) is 0.0210. The maximum absolute atomic E-state index is 6.20. The van der Waals surface area contributed by atoms with Crippen molar-refractivity contribution in [2.75, 3.05) is 176 Å². The summed E-state index contributed by atoms with van der Waals surface area (Å²) in [5, 5.41) is 0. The number of hydrogen-bond acceptors (Lipinski definition) is 12. The summed E-state index contributed by atoms with van der Waals surface area (Å²) in [6.45, 7) is 19.3. The molecule has 12 nitrogen and oxygen atoms in total. The van der Waals surface area contributed by atoms with Gasteiger partial charge in [0.2, 0.25) is 0 Å².